The summed E-state index contributed by atoms with van der Waals surface area (Å²) in [6.45, 7) is 5.53. The smallest absolute Gasteiger partial charge is 0.161 e. The van der Waals surface area contributed by atoms with Crippen molar-refractivity contribution in [1.82, 2.24) is 15.3 Å². The van der Waals surface area contributed by atoms with Gasteiger partial charge in [0, 0.05) is 31.6 Å². The zero-order valence-electron chi connectivity index (χ0n) is 16.3. The first-order chi connectivity index (χ1) is 14.4. The fourth-order valence-corrected chi connectivity index (χ4v) is 3.85. The zero-order chi connectivity index (χ0) is 19.5. The summed E-state index contributed by atoms with van der Waals surface area (Å²) < 4.78 is 11.4. The van der Waals surface area contributed by atoms with Gasteiger partial charge in [-0.3, -0.25) is 0 Å². The van der Waals surface area contributed by atoms with E-state index in [2.05, 4.69) is 39.8 Å². The van der Waals surface area contributed by atoms with Crippen LogP contribution in [0.4, 0.5) is 17.2 Å². The summed E-state index contributed by atoms with van der Waals surface area (Å²) in [7, 11) is 0. The third-order valence-electron chi connectivity index (χ3n) is 5.35. The van der Waals surface area contributed by atoms with E-state index in [-0.39, 0.29) is 6.10 Å². The number of anilines is 3. The highest BCUT2D eigenvalue weighted by atomic mass is 16.5. The number of benzene rings is 2. The van der Waals surface area contributed by atoms with Gasteiger partial charge in [0.1, 0.15) is 11.9 Å². The van der Waals surface area contributed by atoms with Crippen molar-refractivity contribution >= 4 is 28.1 Å². The average molecular weight is 391 g/mol. The molecule has 1 atom stereocenters. The minimum atomic E-state index is -0.136. The Morgan fingerprint density at radius 1 is 0.966 bits per heavy atom. The number of morpholine rings is 2. The molecular weight excluding hydrogens is 366 g/mol. The molecule has 2 aliphatic heterocycles. The van der Waals surface area contributed by atoms with Gasteiger partial charge in [-0.15, -0.1) is 0 Å². The van der Waals surface area contributed by atoms with Crippen LogP contribution < -0.4 is 15.5 Å². The molecule has 3 heterocycles. The Bertz CT molecular complexity index is 984. The number of nitrogens with one attached hydrogen (secondary N) is 2. The SMILES string of the molecule is c1ccc(N2CCOCC2)c(Nc2nc(C3CNCCO3)nc3ccccc23)c1. The molecule has 2 saturated heterocycles. The normalized spacial score (nSPS) is 20.0. The summed E-state index contributed by atoms with van der Waals surface area (Å²) in [4.78, 5) is 12.0. The van der Waals surface area contributed by atoms with E-state index in [1.807, 2.05) is 24.3 Å². The van der Waals surface area contributed by atoms with Crippen LogP contribution in [0.5, 0.6) is 0 Å². The van der Waals surface area contributed by atoms with Crippen molar-refractivity contribution in [1.29, 1.82) is 0 Å². The Morgan fingerprint density at radius 3 is 2.66 bits per heavy atom. The zero-order valence-corrected chi connectivity index (χ0v) is 16.3. The van der Waals surface area contributed by atoms with Crippen LogP contribution in [0.3, 0.4) is 0 Å². The van der Waals surface area contributed by atoms with Gasteiger partial charge in [0.25, 0.3) is 0 Å². The van der Waals surface area contributed by atoms with Crippen molar-refractivity contribution in [2.45, 2.75) is 6.10 Å². The molecule has 1 unspecified atom stereocenters. The van der Waals surface area contributed by atoms with Gasteiger partial charge in [0.15, 0.2) is 5.82 Å². The highest BCUT2D eigenvalue weighted by molar-refractivity contribution is 5.92. The lowest BCUT2D eigenvalue weighted by Crippen LogP contribution is -2.36. The van der Waals surface area contributed by atoms with Crippen LogP contribution >= 0.6 is 0 Å². The lowest BCUT2D eigenvalue weighted by atomic mass is 10.2. The van der Waals surface area contributed by atoms with E-state index in [1.165, 1.54) is 0 Å². The van der Waals surface area contributed by atoms with Gasteiger partial charge >= 0.3 is 0 Å². The molecule has 0 aliphatic carbocycles. The molecule has 29 heavy (non-hydrogen) atoms. The van der Waals surface area contributed by atoms with E-state index < -0.39 is 0 Å². The molecule has 0 spiro atoms. The first kappa shape index (κ1) is 18.3. The maximum absolute atomic E-state index is 5.90. The lowest BCUT2D eigenvalue weighted by molar-refractivity contribution is 0.0224. The Morgan fingerprint density at radius 2 is 1.79 bits per heavy atom. The summed E-state index contributed by atoms with van der Waals surface area (Å²) in [5.41, 5.74) is 3.11. The molecule has 1 aromatic heterocycles. The highest BCUT2D eigenvalue weighted by Crippen LogP contribution is 2.32. The number of ether oxygens (including phenoxy) is 2. The molecule has 2 N–H and O–H groups in total. The monoisotopic (exact) mass is 391 g/mol. The second-order valence-corrected chi connectivity index (χ2v) is 7.25. The second-order valence-electron chi connectivity index (χ2n) is 7.25. The van der Waals surface area contributed by atoms with Crippen LogP contribution in [0, 0.1) is 0 Å². The molecular formula is C22H25N5O2. The first-order valence-electron chi connectivity index (χ1n) is 10.2. The largest absolute Gasteiger partial charge is 0.378 e. The third kappa shape index (κ3) is 3.89. The number of para-hydroxylation sites is 3. The number of hydrogen-bond donors (Lipinski definition) is 2. The predicted octanol–water partition coefficient (Wildman–Crippen LogP) is 2.87. The van der Waals surface area contributed by atoms with Crippen LogP contribution in [-0.2, 0) is 9.47 Å². The molecule has 5 rings (SSSR count). The number of aromatic nitrogens is 2. The summed E-state index contributed by atoms with van der Waals surface area (Å²) in [6.07, 6.45) is -0.136. The molecule has 0 radical (unpaired) electrons. The minimum Gasteiger partial charge on any atom is -0.378 e. The maximum Gasteiger partial charge on any atom is 0.161 e. The third-order valence-corrected chi connectivity index (χ3v) is 5.35. The second kappa shape index (κ2) is 8.32. The quantitative estimate of drug-likeness (QED) is 0.709. The molecule has 0 saturated carbocycles. The molecule has 2 aliphatic rings. The molecule has 150 valence electrons. The number of fused-ring (bicyclic) bond motifs is 1. The van der Waals surface area contributed by atoms with E-state index in [4.69, 9.17) is 19.4 Å². The van der Waals surface area contributed by atoms with Gasteiger partial charge in [-0.05, 0) is 24.3 Å². The number of nitrogens with zero attached hydrogens (tertiary/aromatic N) is 3. The average Bonchev–Trinajstić information content (AvgIpc) is 2.80. The molecule has 0 amide bonds. The Hall–Kier alpha value is -2.74. The topological polar surface area (TPSA) is 71.5 Å². The molecule has 7 nitrogen and oxygen atoms in total. The van der Waals surface area contributed by atoms with Crippen molar-refractivity contribution < 1.29 is 9.47 Å². The van der Waals surface area contributed by atoms with Crippen molar-refractivity contribution in [3.63, 3.8) is 0 Å². The number of hydrogen-bond acceptors (Lipinski definition) is 7. The highest BCUT2D eigenvalue weighted by Gasteiger charge is 2.21. The Kier molecular flexibility index (Phi) is 5.25. The van der Waals surface area contributed by atoms with Gasteiger partial charge in [-0.25, -0.2) is 9.97 Å². The Labute approximate surface area is 170 Å². The fourth-order valence-electron chi connectivity index (χ4n) is 3.85. The van der Waals surface area contributed by atoms with Crippen LogP contribution in [0.25, 0.3) is 10.9 Å². The summed E-state index contributed by atoms with van der Waals surface area (Å²) in [5, 5.41) is 7.94. The molecule has 2 aromatic carbocycles. The summed E-state index contributed by atoms with van der Waals surface area (Å²) >= 11 is 0. The number of rotatable bonds is 4. The van der Waals surface area contributed by atoms with Gasteiger partial charge < -0.3 is 25.0 Å². The molecule has 0 bridgehead atoms. The Balaban J connectivity index is 1.53. The predicted molar refractivity (Wildman–Crippen MR) is 114 cm³/mol. The fraction of sp³-hybridized carbons (Fsp3) is 0.364. The van der Waals surface area contributed by atoms with Gasteiger partial charge in [-0.2, -0.15) is 0 Å². The van der Waals surface area contributed by atoms with Crippen molar-refractivity contribution in [3.8, 4) is 0 Å². The van der Waals surface area contributed by atoms with E-state index in [0.29, 0.717) is 12.4 Å². The van der Waals surface area contributed by atoms with E-state index in [0.717, 1.165) is 67.5 Å². The van der Waals surface area contributed by atoms with Gasteiger partial charge in [0.05, 0.1) is 36.7 Å². The summed E-state index contributed by atoms with van der Waals surface area (Å²) in [5.74, 6) is 1.52. The van der Waals surface area contributed by atoms with Crippen LogP contribution in [-0.4, -0.2) is 56.0 Å². The molecule has 3 aromatic rings. The van der Waals surface area contributed by atoms with Crippen molar-refractivity contribution in [2.24, 2.45) is 0 Å². The van der Waals surface area contributed by atoms with Crippen LogP contribution in [0.15, 0.2) is 48.5 Å². The van der Waals surface area contributed by atoms with Crippen molar-refractivity contribution in [3.05, 3.63) is 54.4 Å². The molecule has 7 heteroatoms. The van der Waals surface area contributed by atoms with E-state index in [9.17, 15) is 0 Å². The molecule has 2 fully saturated rings. The summed E-state index contributed by atoms with van der Waals surface area (Å²) in [6, 6.07) is 16.5. The van der Waals surface area contributed by atoms with Crippen LogP contribution in [0.1, 0.15) is 11.9 Å². The van der Waals surface area contributed by atoms with Crippen molar-refractivity contribution in [2.75, 3.05) is 56.2 Å². The van der Waals surface area contributed by atoms with Crippen LogP contribution in [0.2, 0.25) is 0 Å². The van der Waals surface area contributed by atoms with Gasteiger partial charge in [0.2, 0.25) is 0 Å². The van der Waals surface area contributed by atoms with Gasteiger partial charge in [-0.1, -0.05) is 24.3 Å². The minimum absolute atomic E-state index is 0.136. The van der Waals surface area contributed by atoms with E-state index >= 15 is 0 Å². The first-order valence-corrected chi connectivity index (χ1v) is 10.2. The lowest BCUT2D eigenvalue weighted by Gasteiger charge is -2.30. The van der Waals surface area contributed by atoms with E-state index in [1.54, 1.807) is 0 Å². The standard InChI is InChI=1S/C22H25N5O2/c1-2-6-17-16(5-1)21(26-22(24-17)20-15-23-9-12-29-20)25-18-7-3-4-8-19(18)27-10-13-28-14-11-27/h1-8,20,23H,9-15H2,(H,24,25,26). The maximum atomic E-state index is 5.90.